The molecule has 0 amide bonds. The summed E-state index contributed by atoms with van der Waals surface area (Å²) < 4.78 is 45.8. The van der Waals surface area contributed by atoms with E-state index in [2.05, 4.69) is 6.58 Å². The molecule has 6 heteroatoms. The third-order valence-electron chi connectivity index (χ3n) is 3.71. The molecule has 1 aliphatic rings. The molecule has 1 aliphatic carbocycles. The number of halogens is 2. The largest absolute Gasteiger partial charge is 0.327 e. The summed E-state index contributed by atoms with van der Waals surface area (Å²) in [5.74, 6) is -1.61. The predicted octanol–water partition coefficient (Wildman–Crippen LogP) is 3.64. The molecular formula is C14H18F2NO2P. The Morgan fingerprint density at radius 2 is 2.15 bits per heavy atom. The molecule has 1 saturated carbocycles. The maximum absolute atomic E-state index is 13.7. The van der Waals surface area contributed by atoms with Crippen molar-refractivity contribution in [3.8, 4) is 0 Å². The zero-order chi connectivity index (χ0) is 15.0. The van der Waals surface area contributed by atoms with Crippen molar-refractivity contribution in [2.45, 2.75) is 24.8 Å². The van der Waals surface area contributed by atoms with Crippen molar-refractivity contribution >= 4 is 7.37 Å². The normalized spacial score (nSPS) is 27.9. The van der Waals surface area contributed by atoms with Gasteiger partial charge in [-0.25, -0.2) is 8.78 Å². The van der Waals surface area contributed by atoms with Crippen molar-refractivity contribution in [1.29, 1.82) is 0 Å². The Morgan fingerprint density at radius 3 is 2.60 bits per heavy atom. The van der Waals surface area contributed by atoms with E-state index in [9.17, 15) is 13.3 Å². The zero-order valence-electron chi connectivity index (χ0n) is 11.3. The fraction of sp³-hybridized carbons (Fsp3) is 0.429. The predicted molar refractivity (Wildman–Crippen MR) is 74.5 cm³/mol. The van der Waals surface area contributed by atoms with Crippen LogP contribution >= 0.6 is 7.37 Å². The van der Waals surface area contributed by atoms with Gasteiger partial charge in [0.05, 0.1) is 12.8 Å². The van der Waals surface area contributed by atoms with Crippen LogP contribution in [0.5, 0.6) is 0 Å². The molecule has 0 radical (unpaired) electrons. The first-order chi connectivity index (χ1) is 9.38. The van der Waals surface area contributed by atoms with Gasteiger partial charge in [0.2, 0.25) is 7.37 Å². The molecule has 0 spiro atoms. The summed E-state index contributed by atoms with van der Waals surface area (Å²) in [6, 6.07) is 3.53. The molecular weight excluding hydrogens is 283 g/mol. The van der Waals surface area contributed by atoms with Crippen LogP contribution in [-0.4, -0.2) is 11.9 Å². The molecule has 1 aromatic carbocycles. The van der Waals surface area contributed by atoms with Gasteiger partial charge in [0, 0.05) is 11.5 Å². The number of hydrogen-bond acceptors (Lipinski definition) is 3. The second-order valence-electron chi connectivity index (χ2n) is 4.99. The van der Waals surface area contributed by atoms with E-state index in [1.165, 1.54) is 6.07 Å². The van der Waals surface area contributed by atoms with Crippen molar-refractivity contribution in [2.24, 2.45) is 11.7 Å². The summed E-state index contributed by atoms with van der Waals surface area (Å²) in [4.78, 5) is 0. The van der Waals surface area contributed by atoms with E-state index in [0.717, 1.165) is 12.1 Å². The quantitative estimate of drug-likeness (QED) is 0.644. The third-order valence-corrected chi connectivity index (χ3v) is 6.90. The van der Waals surface area contributed by atoms with Gasteiger partial charge in [-0.3, -0.25) is 4.57 Å². The highest BCUT2D eigenvalue weighted by Gasteiger charge is 2.62. The fourth-order valence-electron chi connectivity index (χ4n) is 2.39. The Bertz CT molecular complexity index is 558. The van der Waals surface area contributed by atoms with E-state index < -0.39 is 24.3 Å². The van der Waals surface area contributed by atoms with Crippen LogP contribution < -0.4 is 5.73 Å². The average molecular weight is 301 g/mol. The first kappa shape index (κ1) is 15.4. The van der Waals surface area contributed by atoms with Gasteiger partial charge in [0.15, 0.2) is 0 Å². The Kier molecular flexibility index (Phi) is 4.14. The number of rotatable bonds is 6. The van der Waals surface area contributed by atoms with Crippen LogP contribution in [0.15, 0.2) is 30.9 Å². The van der Waals surface area contributed by atoms with Crippen molar-refractivity contribution in [2.75, 3.05) is 6.61 Å². The summed E-state index contributed by atoms with van der Waals surface area (Å²) in [5.41, 5.74) is 5.88. The monoisotopic (exact) mass is 301 g/mol. The second kappa shape index (κ2) is 5.40. The zero-order valence-corrected chi connectivity index (χ0v) is 12.2. The van der Waals surface area contributed by atoms with Gasteiger partial charge in [-0.15, -0.1) is 6.58 Å². The molecule has 1 aromatic rings. The summed E-state index contributed by atoms with van der Waals surface area (Å²) in [6.45, 7) is 5.49. The maximum atomic E-state index is 13.7. The maximum Gasteiger partial charge on any atom is 0.227 e. The van der Waals surface area contributed by atoms with Gasteiger partial charge in [-0.2, -0.15) is 0 Å². The number of benzene rings is 1. The van der Waals surface area contributed by atoms with Crippen LogP contribution in [-0.2, 0) is 15.3 Å². The fourth-order valence-corrected chi connectivity index (χ4v) is 5.23. The molecule has 0 heterocycles. The summed E-state index contributed by atoms with van der Waals surface area (Å²) >= 11 is 0. The minimum absolute atomic E-state index is 0.144. The minimum atomic E-state index is -3.41. The van der Waals surface area contributed by atoms with Crippen LogP contribution in [0.2, 0.25) is 0 Å². The number of nitrogens with two attached hydrogens (primary N) is 1. The molecule has 3 nitrogen and oxygen atoms in total. The van der Waals surface area contributed by atoms with Gasteiger partial charge in [0.25, 0.3) is 0 Å². The second-order valence-corrected chi connectivity index (χ2v) is 7.74. The average Bonchev–Trinajstić information content (AvgIpc) is 3.08. The van der Waals surface area contributed by atoms with E-state index in [0.29, 0.717) is 6.42 Å². The van der Waals surface area contributed by atoms with Crippen molar-refractivity contribution in [3.63, 3.8) is 0 Å². The van der Waals surface area contributed by atoms with Crippen molar-refractivity contribution in [3.05, 3.63) is 48.1 Å². The van der Waals surface area contributed by atoms with E-state index in [4.69, 9.17) is 10.3 Å². The van der Waals surface area contributed by atoms with Crippen molar-refractivity contribution < 1.29 is 17.9 Å². The lowest BCUT2D eigenvalue weighted by Gasteiger charge is -2.25. The Hall–Kier alpha value is -1.03. The molecule has 0 saturated heterocycles. The van der Waals surface area contributed by atoms with Crippen LogP contribution in [0.25, 0.3) is 0 Å². The summed E-state index contributed by atoms with van der Waals surface area (Å²) in [6.07, 6.45) is 1.74. The van der Waals surface area contributed by atoms with Gasteiger partial charge in [-0.1, -0.05) is 12.1 Å². The minimum Gasteiger partial charge on any atom is -0.327 e. The van der Waals surface area contributed by atoms with Gasteiger partial charge < -0.3 is 10.3 Å². The lowest BCUT2D eigenvalue weighted by atomic mass is 10.2. The van der Waals surface area contributed by atoms with Crippen LogP contribution in [0.3, 0.4) is 0 Å². The van der Waals surface area contributed by atoms with Gasteiger partial charge >= 0.3 is 0 Å². The molecule has 0 aromatic heterocycles. The van der Waals surface area contributed by atoms with Gasteiger partial charge in [-0.05, 0) is 25.5 Å². The SMILES string of the molecule is C=C[C@@H]1C[C@]1(N)P(=O)(Cc1c(F)cccc1F)OCC. The highest BCUT2D eigenvalue weighted by atomic mass is 31.2. The molecule has 1 fully saturated rings. The lowest BCUT2D eigenvalue weighted by molar-refractivity contribution is 0.320. The van der Waals surface area contributed by atoms with E-state index in [-0.39, 0.29) is 24.3 Å². The molecule has 2 rings (SSSR count). The highest BCUT2D eigenvalue weighted by molar-refractivity contribution is 7.60. The van der Waals surface area contributed by atoms with Crippen molar-refractivity contribution in [1.82, 2.24) is 0 Å². The Balaban J connectivity index is 2.36. The molecule has 0 aliphatic heterocycles. The molecule has 2 N–H and O–H groups in total. The van der Waals surface area contributed by atoms with E-state index in [1.54, 1.807) is 13.0 Å². The van der Waals surface area contributed by atoms with E-state index >= 15 is 0 Å². The van der Waals surface area contributed by atoms with Gasteiger partial charge in [0.1, 0.15) is 16.9 Å². The Labute approximate surface area is 117 Å². The molecule has 0 bridgehead atoms. The van der Waals surface area contributed by atoms with Crippen LogP contribution in [0.4, 0.5) is 8.78 Å². The first-order valence-electron chi connectivity index (χ1n) is 6.46. The standard InChI is InChI=1S/C14H18F2NO2P/c1-3-10-8-14(10,17)20(18,19-4-2)9-11-12(15)6-5-7-13(11)16/h3,5-7,10H,1,4,8-9,17H2,2H3/t10-,14+,20?/m1/s1. The molecule has 1 unspecified atom stereocenters. The molecule has 3 atom stereocenters. The summed E-state index contributed by atoms with van der Waals surface area (Å²) in [7, 11) is -3.41. The molecule has 110 valence electrons. The summed E-state index contributed by atoms with van der Waals surface area (Å²) in [5, 5.41) is -1.06. The smallest absolute Gasteiger partial charge is 0.227 e. The highest BCUT2D eigenvalue weighted by Crippen LogP contribution is 2.72. The third kappa shape index (κ3) is 2.46. The Morgan fingerprint density at radius 1 is 1.55 bits per heavy atom. The lowest BCUT2D eigenvalue weighted by Crippen LogP contribution is -2.27. The first-order valence-corrected chi connectivity index (χ1v) is 8.27. The van der Waals surface area contributed by atoms with E-state index in [1.807, 2.05) is 0 Å². The van der Waals surface area contributed by atoms with Crippen LogP contribution in [0.1, 0.15) is 18.9 Å². The number of hydrogen-bond donors (Lipinski definition) is 1. The topological polar surface area (TPSA) is 52.3 Å². The van der Waals surface area contributed by atoms with Crippen LogP contribution in [0, 0.1) is 17.6 Å². The molecule has 20 heavy (non-hydrogen) atoms.